The van der Waals surface area contributed by atoms with E-state index in [0.29, 0.717) is 0 Å². The fourth-order valence-electron chi connectivity index (χ4n) is 0.795. The van der Waals surface area contributed by atoms with Gasteiger partial charge in [0.05, 0.1) is 0 Å². The minimum absolute atomic E-state index is 0.895. The Morgan fingerprint density at radius 2 is 2.00 bits per heavy atom. The smallest absolute Gasteiger partial charge is 0.0462 e. The monoisotopic (exact) mass is 155 g/mol. The van der Waals surface area contributed by atoms with E-state index in [4.69, 9.17) is 0 Å². The highest BCUT2D eigenvalue weighted by Crippen LogP contribution is 2.01. The summed E-state index contributed by atoms with van der Waals surface area (Å²) in [6, 6.07) is 0. The largest absolute Gasteiger partial charge is 0.304 e. The van der Waals surface area contributed by atoms with Gasteiger partial charge >= 0.3 is 0 Å². The van der Waals surface area contributed by atoms with Crippen LogP contribution in [0.5, 0.6) is 0 Å². The van der Waals surface area contributed by atoms with E-state index in [1.165, 1.54) is 0 Å². The first kappa shape index (κ1) is 10.2. The normalized spacial score (nSPS) is 11.9. The number of allylic oxidation sites excluding steroid dienone is 1. The molecule has 0 radical (unpaired) electrons. The molecule has 0 bridgehead atoms. The Kier molecular flexibility index (Phi) is 4.54. The minimum atomic E-state index is 0.895. The fraction of sp³-hybridized carbons (Fsp3) is 0.625. The van der Waals surface area contributed by atoms with E-state index in [2.05, 4.69) is 16.7 Å². The zero-order chi connectivity index (χ0) is 8.85. The predicted octanol–water partition coefficient (Wildman–Crippen LogP) is 0.999. The Morgan fingerprint density at radius 1 is 1.45 bits per heavy atom. The first-order chi connectivity index (χ1) is 5.11. The molecule has 0 saturated heterocycles. The Labute approximate surface area is 69.0 Å². The average Bonchev–Trinajstić information content (AvgIpc) is 1.98. The second-order valence-corrected chi connectivity index (χ2v) is 2.68. The summed E-state index contributed by atoms with van der Waals surface area (Å²) in [5.74, 6) is 0. The van der Waals surface area contributed by atoms with Crippen molar-refractivity contribution < 1.29 is 0 Å². The standard InChI is InChI=1S/C8H17N3/c1-6-8(7-10(3)4)11(5)9-2/h6H,2,7H2,1,3-5H3/b8-6-. The molecule has 0 unspecified atom stereocenters. The second kappa shape index (κ2) is 4.91. The molecule has 64 valence electrons. The highest BCUT2D eigenvalue weighted by Gasteiger charge is 2.01. The lowest BCUT2D eigenvalue weighted by Gasteiger charge is -2.19. The summed E-state index contributed by atoms with van der Waals surface area (Å²) in [7, 11) is 5.95. The average molecular weight is 155 g/mol. The van der Waals surface area contributed by atoms with Crippen LogP contribution in [0.4, 0.5) is 0 Å². The number of likely N-dealkylation sites (N-methyl/N-ethyl adjacent to an activating group) is 2. The molecule has 11 heavy (non-hydrogen) atoms. The molecular formula is C8H17N3. The zero-order valence-corrected chi connectivity index (χ0v) is 7.83. The van der Waals surface area contributed by atoms with Crippen molar-refractivity contribution in [1.29, 1.82) is 0 Å². The SMILES string of the molecule is C=NN(C)/C(=C\C)CN(C)C. The Balaban J connectivity index is 4.07. The molecule has 0 rings (SSSR count). The van der Waals surface area contributed by atoms with Crippen LogP contribution in [-0.4, -0.2) is 44.3 Å². The van der Waals surface area contributed by atoms with Crippen molar-refractivity contribution in [2.45, 2.75) is 6.92 Å². The van der Waals surface area contributed by atoms with Crippen molar-refractivity contribution in [3.05, 3.63) is 11.8 Å². The van der Waals surface area contributed by atoms with Crippen molar-refractivity contribution in [3.8, 4) is 0 Å². The number of rotatable bonds is 4. The molecule has 0 aromatic carbocycles. The second-order valence-electron chi connectivity index (χ2n) is 2.68. The van der Waals surface area contributed by atoms with Crippen molar-refractivity contribution in [2.75, 3.05) is 27.7 Å². The number of hydrogen-bond acceptors (Lipinski definition) is 3. The van der Waals surface area contributed by atoms with Crippen LogP contribution >= 0.6 is 0 Å². The van der Waals surface area contributed by atoms with Crippen LogP contribution in [0.1, 0.15) is 6.92 Å². The van der Waals surface area contributed by atoms with E-state index in [9.17, 15) is 0 Å². The van der Waals surface area contributed by atoms with Crippen LogP contribution in [0.25, 0.3) is 0 Å². The van der Waals surface area contributed by atoms with Crippen LogP contribution in [0.3, 0.4) is 0 Å². The van der Waals surface area contributed by atoms with E-state index < -0.39 is 0 Å². The van der Waals surface area contributed by atoms with Crippen LogP contribution in [0.15, 0.2) is 16.9 Å². The van der Waals surface area contributed by atoms with Gasteiger partial charge in [0.15, 0.2) is 0 Å². The zero-order valence-electron chi connectivity index (χ0n) is 7.83. The Bertz CT molecular complexity index is 149. The third-order valence-corrected chi connectivity index (χ3v) is 1.44. The van der Waals surface area contributed by atoms with Crippen molar-refractivity contribution in [2.24, 2.45) is 5.10 Å². The molecule has 0 heterocycles. The molecule has 0 N–H and O–H groups in total. The van der Waals surface area contributed by atoms with Crippen LogP contribution in [-0.2, 0) is 0 Å². The van der Waals surface area contributed by atoms with Gasteiger partial charge in [0.25, 0.3) is 0 Å². The van der Waals surface area contributed by atoms with E-state index in [0.717, 1.165) is 12.2 Å². The number of hydrazone groups is 1. The summed E-state index contributed by atoms with van der Waals surface area (Å²) in [5, 5.41) is 5.58. The lowest BCUT2D eigenvalue weighted by atomic mass is 10.4. The minimum Gasteiger partial charge on any atom is -0.304 e. The summed E-state index contributed by atoms with van der Waals surface area (Å²) in [5.41, 5.74) is 1.16. The third-order valence-electron chi connectivity index (χ3n) is 1.44. The maximum atomic E-state index is 3.80. The van der Waals surface area contributed by atoms with Gasteiger partial charge < -0.3 is 4.90 Å². The van der Waals surface area contributed by atoms with Crippen molar-refractivity contribution >= 4 is 6.72 Å². The summed E-state index contributed by atoms with van der Waals surface area (Å²) in [6.45, 7) is 6.35. The van der Waals surface area contributed by atoms with E-state index in [1.807, 2.05) is 34.1 Å². The molecule has 0 saturated carbocycles. The topological polar surface area (TPSA) is 18.8 Å². The first-order valence-electron chi connectivity index (χ1n) is 3.62. The molecule has 0 aliphatic carbocycles. The molecule has 0 spiro atoms. The molecule has 0 atom stereocenters. The fourth-order valence-corrected chi connectivity index (χ4v) is 0.795. The van der Waals surface area contributed by atoms with Gasteiger partial charge in [-0.25, -0.2) is 0 Å². The molecule has 0 amide bonds. The highest BCUT2D eigenvalue weighted by atomic mass is 15.4. The van der Waals surface area contributed by atoms with E-state index >= 15 is 0 Å². The third kappa shape index (κ3) is 3.78. The highest BCUT2D eigenvalue weighted by molar-refractivity contribution is 5.23. The lowest BCUT2D eigenvalue weighted by Crippen LogP contribution is -2.22. The maximum Gasteiger partial charge on any atom is 0.0462 e. The summed E-state index contributed by atoms with van der Waals surface area (Å²) in [4.78, 5) is 2.09. The van der Waals surface area contributed by atoms with Crippen molar-refractivity contribution in [3.63, 3.8) is 0 Å². The van der Waals surface area contributed by atoms with Crippen LogP contribution < -0.4 is 0 Å². The van der Waals surface area contributed by atoms with Gasteiger partial charge in [0, 0.05) is 26.0 Å². The summed E-state index contributed by atoms with van der Waals surface area (Å²) >= 11 is 0. The molecule has 0 fully saturated rings. The number of nitrogens with zero attached hydrogens (tertiary/aromatic N) is 3. The van der Waals surface area contributed by atoms with Gasteiger partial charge in [-0.05, 0) is 21.0 Å². The van der Waals surface area contributed by atoms with E-state index in [-0.39, 0.29) is 0 Å². The van der Waals surface area contributed by atoms with E-state index in [1.54, 1.807) is 5.01 Å². The van der Waals surface area contributed by atoms with Gasteiger partial charge in [-0.2, -0.15) is 5.10 Å². The Hall–Kier alpha value is -0.830. The molecule has 3 heteroatoms. The van der Waals surface area contributed by atoms with Crippen molar-refractivity contribution in [1.82, 2.24) is 9.91 Å². The quantitative estimate of drug-likeness (QED) is 0.445. The molecule has 3 nitrogen and oxygen atoms in total. The Morgan fingerprint density at radius 3 is 2.27 bits per heavy atom. The molecule has 0 aromatic heterocycles. The van der Waals surface area contributed by atoms with Gasteiger partial charge in [-0.3, -0.25) is 5.01 Å². The molecule has 0 aliphatic rings. The molecular weight excluding hydrogens is 138 g/mol. The molecule has 0 aliphatic heterocycles. The predicted molar refractivity (Wildman–Crippen MR) is 49.6 cm³/mol. The van der Waals surface area contributed by atoms with Crippen LogP contribution in [0.2, 0.25) is 0 Å². The summed E-state index contributed by atoms with van der Waals surface area (Å²) in [6.07, 6.45) is 2.04. The van der Waals surface area contributed by atoms with Gasteiger partial charge in [0.1, 0.15) is 0 Å². The van der Waals surface area contributed by atoms with Gasteiger partial charge in [-0.1, -0.05) is 6.08 Å². The molecule has 0 aromatic rings. The maximum absolute atomic E-state index is 3.80. The van der Waals surface area contributed by atoms with Gasteiger partial charge in [-0.15, -0.1) is 0 Å². The summed E-state index contributed by atoms with van der Waals surface area (Å²) < 4.78 is 0. The number of hydrogen-bond donors (Lipinski definition) is 0. The van der Waals surface area contributed by atoms with Crippen LogP contribution in [0, 0.1) is 0 Å². The lowest BCUT2D eigenvalue weighted by molar-refractivity contribution is 0.357. The first-order valence-corrected chi connectivity index (χ1v) is 3.62. The van der Waals surface area contributed by atoms with Gasteiger partial charge in [0.2, 0.25) is 0 Å².